The van der Waals surface area contributed by atoms with Crippen molar-refractivity contribution in [3.05, 3.63) is 69.9 Å². The topological polar surface area (TPSA) is 136 Å². The maximum Gasteiger partial charge on any atom is 0.255 e. The SMILES string of the molecule is O=c1cc(-c2ccccc2Cl)oc2c(C3CCCC3CS(=O)(=O)n3cncn3)c(O)cc(O)c12. The number of phenolic OH excluding ortho intramolecular Hbond substituents is 2. The van der Waals surface area contributed by atoms with Crippen LogP contribution >= 0.6 is 11.6 Å². The molecular weight excluding hydrogens is 482 g/mol. The van der Waals surface area contributed by atoms with Crippen molar-refractivity contribution in [3.8, 4) is 22.8 Å². The Morgan fingerprint density at radius 3 is 2.68 bits per heavy atom. The average molecular weight is 502 g/mol. The number of phenols is 2. The van der Waals surface area contributed by atoms with E-state index < -0.39 is 27.1 Å². The lowest BCUT2D eigenvalue weighted by Crippen LogP contribution is -2.24. The lowest BCUT2D eigenvalue weighted by molar-refractivity contribution is 0.429. The maximum atomic E-state index is 13.0. The molecule has 2 heterocycles. The van der Waals surface area contributed by atoms with Crippen LogP contribution in [0, 0.1) is 5.92 Å². The second-order valence-corrected chi connectivity index (χ2v) is 10.6. The van der Waals surface area contributed by atoms with Crippen molar-refractivity contribution >= 4 is 32.6 Å². The summed E-state index contributed by atoms with van der Waals surface area (Å²) in [6.07, 6.45) is 4.16. The highest BCUT2D eigenvalue weighted by atomic mass is 35.5. The van der Waals surface area contributed by atoms with Crippen LogP contribution in [0.2, 0.25) is 5.02 Å². The minimum Gasteiger partial charge on any atom is -0.507 e. The normalized spacial score (nSPS) is 18.5. The zero-order valence-corrected chi connectivity index (χ0v) is 19.3. The number of hydrogen-bond donors (Lipinski definition) is 2. The number of rotatable bonds is 5. The summed E-state index contributed by atoms with van der Waals surface area (Å²) in [5.74, 6) is -1.52. The van der Waals surface area contributed by atoms with Crippen molar-refractivity contribution in [1.29, 1.82) is 0 Å². The number of benzene rings is 2. The van der Waals surface area contributed by atoms with Crippen molar-refractivity contribution in [1.82, 2.24) is 14.2 Å². The van der Waals surface area contributed by atoms with E-state index in [1.807, 2.05) is 0 Å². The summed E-state index contributed by atoms with van der Waals surface area (Å²) in [5, 5.41) is 25.3. The predicted octanol–water partition coefficient (Wildman–Crippen LogP) is 3.88. The Hall–Kier alpha value is -3.37. The van der Waals surface area contributed by atoms with E-state index in [1.54, 1.807) is 24.3 Å². The van der Waals surface area contributed by atoms with E-state index in [0.717, 1.165) is 29.2 Å². The lowest BCUT2D eigenvalue weighted by atomic mass is 9.87. The van der Waals surface area contributed by atoms with Crippen molar-refractivity contribution in [3.63, 3.8) is 0 Å². The molecule has 176 valence electrons. The Morgan fingerprint density at radius 1 is 1.15 bits per heavy atom. The second kappa shape index (κ2) is 8.44. The first-order chi connectivity index (χ1) is 16.3. The van der Waals surface area contributed by atoms with E-state index in [0.29, 0.717) is 29.0 Å². The third kappa shape index (κ3) is 3.82. The molecule has 4 aromatic rings. The Balaban J connectivity index is 1.67. The Labute approximate surface area is 199 Å². The molecule has 2 aromatic carbocycles. The van der Waals surface area contributed by atoms with Gasteiger partial charge in [-0.15, -0.1) is 9.19 Å². The molecule has 1 aliphatic carbocycles. The minimum absolute atomic E-state index is 0.0231. The molecule has 1 saturated carbocycles. The number of aromatic hydroxyl groups is 2. The van der Waals surface area contributed by atoms with Crippen LogP contribution in [0.3, 0.4) is 0 Å². The van der Waals surface area contributed by atoms with Gasteiger partial charge < -0.3 is 14.6 Å². The van der Waals surface area contributed by atoms with Crippen molar-refractivity contribution < 1.29 is 23.0 Å². The zero-order chi connectivity index (χ0) is 24.0. The van der Waals surface area contributed by atoms with Gasteiger partial charge in [0.05, 0.1) is 10.8 Å². The summed E-state index contributed by atoms with van der Waals surface area (Å²) in [7, 11) is -3.78. The smallest absolute Gasteiger partial charge is 0.255 e. The van der Waals surface area contributed by atoms with Crippen molar-refractivity contribution in [2.45, 2.75) is 25.2 Å². The summed E-state index contributed by atoms with van der Waals surface area (Å²) in [6, 6.07) is 9.18. The first-order valence-electron chi connectivity index (χ1n) is 10.6. The zero-order valence-electron chi connectivity index (χ0n) is 17.8. The van der Waals surface area contributed by atoms with Crippen LogP contribution in [0.4, 0.5) is 0 Å². The predicted molar refractivity (Wildman–Crippen MR) is 126 cm³/mol. The number of nitrogens with zero attached hydrogens (tertiary/aromatic N) is 3. The van der Waals surface area contributed by atoms with E-state index in [2.05, 4.69) is 10.1 Å². The molecular formula is C23H20ClN3O6S. The van der Waals surface area contributed by atoms with Gasteiger partial charge >= 0.3 is 0 Å². The first-order valence-corrected chi connectivity index (χ1v) is 12.6. The van der Waals surface area contributed by atoms with Crippen LogP contribution in [-0.2, 0) is 10.0 Å². The summed E-state index contributed by atoms with van der Waals surface area (Å²) >= 11 is 6.30. The quantitative estimate of drug-likeness (QED) is 0.420. The monoisotopic (exact) mass is 501 g/mol. The molecule has 2 N–H and O–H groups in total. The van der Waals surface area contributed by atoms with Crippen LogP contribution in [0.15, 0.2) is 58.3 Å². The fourth-order valence-corrected chi connectivity index (χ4v) is 6.48. The molecule has 0 spiro atoms. The van der Waals surface area contributed by atoms with Gasteiger partial charge in [0.2, 0.25) is 0 Å². The van der Waals surface area contributed by atoms with Gasteiger partial charge in [-0.3, -0.25) is 4.79 Å². The summed E-state index contributed by atoms with van der Waals surface area (Å²) in [6.45, 7) is 0. The largest absolute Gasteiger partial charge is 0.507 e. The molecule has 1 fully saturated rings. The fraction of sp³-hybridized carbons (Fsp3) is 0.261. The molecule has 0 aliphatic heterocycles. The highest BCUT2D eigenvalue weighted by Crippen LogP contribution is 2.48. The van der Waals surface area contributed by atoms with Gasteiger partial charge in [-0.2, -0.15) is 0 Å². The molecule has 0 radical (unpaired) electrons. The van der Waals surface area contributed by atoms with Gasteiger partial charge in [0.1, 0.15) is 40.9 Å². The van der Waals surface area contributed by atoms with Gasteiger partial charge in [0.25, 0.3) is 10.0 Å². The van der Waals surface area contributed by atoms with Crippen LogP contribution in [0.5, 0.6) is 11.5 Å². The van der Waals surface area contributed by atoms with Gasteiger partial charge in [-0.1, -0.05) is 30.2 Å². The van der Waals surface area contributed by atoms with E-state index in [4.69, 9.17) is 16.0 Å². The third-order valence-electron chi connectivity index (χ3n) is 6.27. The molecule has 2 unspecified atom stereocenters. The number of halogens is 1. The van der Waals surface area contributed by atoms with Crippen molar-refractivity contribution in [2.75, 3.05) is 5.75 Å². The van der Waals surface area contributed by atoms with Gasteiger partial charge in [-0.05, 0) is 36.8 Å². The molecule has 0 amide bonds. The van der Waals surface area contributed by atoms with E-state index in [-0.39, 0.29) is 34.1 Å². The number of fused-ring (bicyclic) bond motifs is 1. The van der Waals surface area contributed by atoms with E-state index in [1.165, 1.54) is 6.07 Å². The van der Waals surface area contributed by atoms with Crippen LogP contribution in [0.25, 0.3) is 22.3 Å². The highest BCUT2D eigenvalue weighted by molar-refractivity contribution is 7.89. The Bertz CT molecular complexity index is 1550. The fourth-order valence-electron chi connectivity index (χ4n) is 4.78. The summed E-state index contributed by atoms with van der Waals surface area (Å²) in [5.41, 5.74) is 0.304. The third-order valence-corrected chi connectivity index (χ3v) is 8.21. The molecule has 11 heteroatoms. The Morgan fingerprint density at radius 2 is 1.94 bits per heavy atom. The van der Waals surface area contributed by atoms with Crippen molar-refractivity contribution in [2.24, 2.45) is 5.92 Å². The van der Waals surface area contributed by atoms with E-state index >= 15 is 0 Å². The molecule has 2 aromatic heterocycles. The molecule has 9 nitrogen and oxygen atoms in total. The molecule has 0 bridgehead atoms. The molecule has 1 aliphatic rings. The van der Waals surface area contributed by atoms with Crippen LogP contribution in [0.1, 0.15) is 30.7 Å². The molecule has 5 rings (SSSR count). The summed E-state index contributed by atoms with van der Waals surface area (Å²) in [4.78, 5) is 16.7. The van der Waals surface area contributed by atoms with E-state index in [9.17, 15) is 23.4 Å². The Kier molecular flexibility index (Phi) is 5.57. The number of aromatic nitrogens is 3. The number of hydrogen-bond acceptors (Lipinski definition) is 8. The van der Waals surface area contributed by atoms with Gasteiger partial charge in [0.15, 0.2) is 5.43 Å². The lowest BCUT2D eigenvalue weighted by Gasteiger charge is -2.22. The van der Waals surface area contributed by atoms with Gasteiger partial charge in [-0.25, -0.2) is 13.4 Å². The minimum atomic E-state index is -3.78. The molecule has 0 saturated heterocycles. The summed E-state index contributed by atoms with van der Waals surface area (Å²) < 4.78 is 32.6. The standard InChI is InChI=1S/C23H20ClN3O6S/c24-16-7-2-1-5-15(16)20-9-19(30)22-18(29)8-17(28)21(23(22)33-20)14-6-3-4-13(14)10-34(31,32)27-12-25-11-26-27/h1-2,5,7-9,11-14,28-29H,3-4,6,10H2. The van der Waals surface area contributed by atoms with Crippen LogP contribution in [-0.4, -0.2) is 38.6 Å². The molecule has 2 atom stereocenters. The van der Waals surface area contributed by atoms with Gasteiger partial charge in [0, 0.05) is 23.3 Å². The van der Waals surface area contributed by atoms with Crippen LogP contribution < -0.4 is 5.43 Å². The second-order valence-electron chi connectivity index (χ2n) is 8.33. The molecule has 34 heavy (non-hydrogen) atoms. The highest BCUT2D eigenvalue weighted by Gasteiger charge is 2.37. The first kappa shape index (κ1) is 22.4. The average Bonchev–Trinajstić information content (AvgIpc) is 3.46. The maximum absolute atomic E-state index is 13.0.